The molecule has 0 spiro atoms. The van der Waals surface area contributed by atoms with Crippen LogP contribution in [0, 0.1) is 0 Å². The molecule has 0 aromatic heterocycles. The lowest BCUT2D eigenvalue weighted by Gasteiger charge is -2.25. The molecule has 60 heavy (non-hydrogen) atoms. The van der Waals surface area contributed by atoms with Gasteiger partial charge in [-0.25, -0.2) is 0 Å². The summed E-state index contributed by atoms with van der Waals surface area (Å²) in [6, 6.07) is -6.37. The average Bonchev–Trinajstić information content (AvgIpc) is 3.17. The topological polar surface area (TPSA) is 379 Å². The van der Waals surface area contributed by atoms with Crippen molar-refractivity contribution in [2.24, 2.45) is 22.9 Å². The Labute approximate surface area is 358 Å². The van der Waals surface area contributed by atoms with Crippen LogP contribution in [0.4, 0.5) is 0 Å². The van der Waals surface area contributed by atoms with Crippen molar-refractivity contribution in [2.75, 3.05) is 96.5 Å². The van der Waals surface area contributed by atoms with Crippen LogP contribution >= 0.6 is 23.5 Å². The average molecular weight is 900 g/mol. The molecule has 1 heterocycles. The molecule has 9 amide bonds. The molecule has 26 heteroatoms. The third kappa shape index (κ3) is 30.7. The minimum atomic E-state index is -1.18. The Morgan fingerprint density at radius 2 is 1.37 bits per heavy atom. The first-order valence-electron chi connectivity index (χ1n) is 18.7. The van der Waals surface area contributed by atoms with E-state index in [1.807, 2.05) is 12.5 Å². The maximum atomic E-state index is 12.8. The number of primary amides is 2. The summed E-state index contributed by atoms with van der Waals surface area (Å²) in [4.78, 5) is 108. The van der Waals surface area contributed by atoms with Gasteiger partial charge >= 0.3 is 0 Å². The summed E-state index contributed by atoms with van der Waals surface area (Å²) in [7, 11) is 0. The number of nitrogens with one attached hydrogen (secondary N) is 7. The highest BCUT2D eigenvalue weighted by atomic mass is 32.2. The largest absolute Gasteiger partial charge is 0.378 e. The quantitative estimate of drug-likeness (QED) is 0.0506. The van der Waals surface area contributed by atoms with Crippen molar-refractivity contribution in [1.82, 2.24) is 37.2 Å². The smallest absolute Gasteiger partial charge is 0.246 e. The van der Waals surface area contributed by atoms with E-state index in [9.17, 15) is 43.2 Å². The van der Waals surface area contributed by atoms with Gasteiger partial charge in [0.15, 0.2) is 0 Å². The van der Waals surface area contributed by atoms with E-state index >= 15 is 0 Å². The van der Waals surface area contributed by atoms with Gasteiger partial charge in [0, 0.05) is 24.6 Å². The summed E-state index contributed by atoms with van der Waals surface area (Å²) in [6.07, 6.45) is 4.08. The molecular weight excluding hydrogens is 835 g/mol. The lowest BCUT2D eigenvalue weighted by molar-refractivity contribution is -0.133. The fourth-order valence-corrected chi connectivity index (χ4v) is 4.97. The highest BCUT2D eigenvalue weighted by Gasteiger charge is 2.30. The summed E-state index contributed by atoms with van der Waals surface area (Å²) in [6.45, 7) is 8.29. The second kappa shape index (κ2) is 35.4. The first kappa shape index (κ1) is 57.8. The molecule has 1 saturated heterocycles. The summed E-state index contributed by atoms with van der Waals surface area (Å²) in [5, 5.41) is 17.1. The first-order valence-corrected chi connectivity index (χ1v) is 21.5. The zero-order valence-electron chi connectivity index (χ0n) is 35.1. The van der Waals surface area contributed by atoms with Crippen molar-refractivity contribution in [2.45, 2.75) is 63.9 Å². The van der Waals surface area contributed by atoms with Crippen LogP contribution in [0.25, 0.3) is 0 Å². The van der Waals surface area contributed by atoms with Gasteiger partial charge in [-0.2, -0.15) is 23.5 Å². The van der Waals surface area contributed by atoms with Crippen molar-refractivity contribution in [1.29, 1.82) is 0 Å². The van der Waals surface area contributed by atoms with Crippen LogP contribution in [0.5, 0.6) is 0 Å². The van der Waals surface area contributed by atoms with Gasteiger partial charge in [0.1, 0.15) is 43.4 Å². The summed E-state index contributed by atoms with van der Waals surface area (Å²) in [5.74, 6) is -5.93. The lowest BCUT2D eigenvalue weighted by Crippen LogP contribution is -2.58. The summed E-state index contributed by atoms with van der Waals surface area (Å²) >= 11 is 2.79. The van der Waals surface area contributed by atoms with Crippen LogP contribution in [0.1, 0.15) is 27.7 Å². The second-order valence-electron chi connectivity index (χ2n) is 12.7. The molecule has 1 rings (SSSR count). The molecule has 0 unspecified atom stereocenters. The minimum Gasteiger partial charge on any atom is -0.378 e. The summed E-state index contributed by atoms with van der Waals surface area (Å²) in [5.41, 5.74) is 20.9. The predicted octanol–water partition coefficient (Wildman–Crippen LogP) is -6.24. The van der Waals surface area contributed by atoms with Crippen LogP contribution in [-0.4, -0.2) is 186 Å². The van der Waals surface area contributed by atoms with Crippen molar-refractivity contribution in [3.8, 4) is 0 Å². The maximum Gasteiger partial charge on any atom is 0.246 e. The second-order valence-corrected chi connectivity index (χ2v) is 14.6. The monoisotopic (exact) mass is 899 g/mol. The predicted molar refractivity (Wildman–Crippen MR) is 224 cm³/mol. The molecule has 1 fully saturated rings. The Morgan fingerprint density at radius 1 is 0.800 bits per heavy atom. The van der Waals surface area contributed by atoms with Gasteiger partial charge in [-0.3, -0.25) is 43.2 Å². The van der Waals surface area contributed by atoms with E-state index in [-0.39, 0.29) is 30.6 Å². The number of rotatable bonds is 20. The third-order valence-corrected chi connectivity index (χ3v) is 8.17. The highest BCUT2D eigenvalue weighted by molar-refractivity contribution is 7.99. The minimum absolute atomic E-state index is 0.0457. The van der Waals surface area contributed by atoms with E-state index in [4.69, 9.17) is 41.9 Å². The molecule has 24 nitrogen and oxygen atoms in total. The molecule has 1 aliphatic rings. The zero-order valence-corrected chi connectivity index (χ0v) is 36.7. The number of nitrogens with two attached hydrogens (primary N) is 4. The number of amides is 9. The SMILES string of the molecule is CSC.C[C@H](N)C(=O)N[C@H]1CSC[C@@H](C(=O)N[C@@H](C)C(N)=O)NC(=O)[C@H](C)NC(=O)CNC(=O)[C@H](C)NC1=O.NCCOCCOCCOCCNC(=O)COCC(N)=O. The first-order chi connectivity index (χ1) is 28.3. The van der Waals surface area contributed by atoms with E-state index in [1.54, 1.807) is 11.8 Å². The number of hydrogen-bond acceptors (Lipinski definition) is 17. The molecule has 0 aliphatic carbocycles. The van der Waals surface area contributed by atoms with Crippen molar-refractivity contribution in [3.63, 3.8) is 0 Å². The van der Waals surface area contributed by atoms with Crippen LogP contribution in [0.3, 0.4) is 0 Å². The molecule has 0 radical (unpaired) electrons. The number of thioether (sulfide) groups is 2. The number of carbonyl (C=O) groups excluding carboxylic acids is 9. The number of hydrogen-bond donors (Lipinski definition) is 11. The van der Waals surface area contributed by atoms with Crippen molar-refractivity contribution < 1.29 is 62.1 Å². The fraction of sp³-hybridized carbons (Fsp3) is 0.735. The fourth-order valence-electron chi connectivity index (χ4n) is 3.90. The van der Waals surface area contributed by atoms with Gasteiger partial charge in [-0.05, 0) is 40.2 Å². The van der Waals surface area contributed by atoms with Gasteiger partial charge in [-0.15, -0.1) is 0 Å². The zero-order chi connectivity index (χ0) is 46.0. The van der Waals surface area contributed by atoms with Crippen LogP contribution < -0.4 is 60.2 Å². The van der Waals surface area contributed by atoms with Gasteiger partial charge in [0.2, 0.25) is 53.2 Å². The molecule has 6 atom stereocenters. The van der Waals surface area contributed by atoms with E-state index in [2.05, 4.69) is 37.2 Å². The Balaban J connectivity index is 0. The Bertz CT molecular complexity index is 1350. The lowest BCUT2D eigenvalue weighted by atomic mass is 10.2. The third-order valence-electron chi connectivity index (χ3n) is 7.03. The maximum absolute atomic E-state index is 12.8. The van der Waals surface area contributed by atoms with Crippen LogP contribution in [0.15, 0.2) is 0 Å². The standard InChI is InChI=1S/C20H34N8O7S.C12H25N3O6.C2H6S/c1-8(21)16(31)27-12-6-36-7-13(19(34)25-9(2)15(22)30)28-18(33)11(4)24-14(29)5-23-17(32)10(3)26-20(12)35;13-1-3-18-5-7-20-8-6-19-4-2-15-12(17)10-21-9-11(14)16;1-3-2/h8-13H,5-7,21H2,1-4H3,(H2,22,30)(H,23,32)(H,24,29)(H,25,34)(H,26,35)(H,27,31)(H,28,33);1-10,13H2,(H2,14,16)(H,15,17);1-2H3/t8-,9-,10-,11-,12-,13-;;/m0../s1. The molecule has 346 valence electrons. The number of carbonyl (C=O) groups is 9. The molecule has 0 aromatic rings. The van der Waals surface area contributed by atoms with Crippen molar-refractivity contribution >= 4 is 76.7 Å². The number of ether oxygens (including phenoxy) is 4. The van der Waals surface area contributed by atoms with Crippen LogP contribution in [-0.2, 0) is 62.1 Å². The van der Waals surface area contributed by atoms with Crippen LogP contribution in [0.2, 0.25) is 0 Å². The molecular formula is C34H65N11O13S2. The Kier molecular flexibility index (Phi) is 34.1. The van der Waals surface area contributed by atoms with E-state index < -0.39 is 90.1 Å². The highest BCUT2D eigenvalue weighted by Crippen LogP contribution is 2.08. The van der Waals surface area contributed by atoms with Gasteiger partial charge in [-0.1, -0.05) is 0 Å². The molecule has 0 saturated carbocycles. The van der Waals surface area contributed by atoms with E-state index in [1.165, 1.54) is 27.7 Å². The molecule has 0 bridgehead atoms. The van der Waals surface area contributed by atoms with Crippen molar-refractivity contribution in [3.05, 3.63) is 0 Å². The van der Waals surface area contributed by atoms with E-state index in [0.717, 1.165) is 11.8 Å². The van der Waals surface area contributed by atoms with Gasteiger partial charge < -0.3 is 79.1 Å². The van der Waals surface area contributed by atoms with E-state index in [0.29, 0.717) is 52.7 Å². The Hall–Kier alpha value is -4.31. The molecule has 1 aliphatic heterocycles. The Morgan fingerprint density at radius 3 is 1.92 bits per heavy atom. The van der Waals surface area contributed by atoms with Gasteiger partial charge in [0.25, 0.3) is 0 Å². The molecule has 15 N–H and O–H groups in total. The van der Waals surface area contributed by atoms with Gasteiger partial charge in [0.05, 0.1) is 52.2 Å². The molecule has 0 aromatic carbocycles. The summed E-state index contributed by atoms with van der Waals surface area (Å²) < 4.78 is 20.3. The normalized spacial score (nSPS) is 19.7.